The van der Waals surface area contributed by atoms with E-state index in [2.05, 4.69) is 29.2 Å². The summed E-state index contributed by atoms with van der Waals surface area (Å²) in [6.45, 7) is 4.77. The van der Waals surface area contributed by atoms with E-state index >= 15 is 0 Å². The highest BCUT2D eigenvalue weighted by molar-refractivity contribution is 5.99. The Labute approximate surface area is 135 Å². The fourth-order valence-corrected chi connectivity index (χ4v) is 2.98. The van der Waals surface area contributed by atoms with E-state index in [1.165, 1.54) is 0 Å². The number of carbonyl (C=O) groups is 1. The van der Waals surface area contributed by atoms with Crippen LogP contribution in [0.1, 0.15) is 37.0 Å². The monoisotopic (exact) mass is 314 g/mol. The van der Waals surface area contributed by atoms with Crippen LogP contribution >= 0.6 is 0 Å². The molecule has 122 valence electrons. The normalized spacial score (nSPS) is 20.2. The number of carbonyl (C=O) groups excluding carboxylic acids is 1. The molecule has 1 aliphatic heterocycles. The SMILES string of the molecule is Cn1cc(-c2ncccc2C(=O)NC2CCOC(C)(C)C2)cn1. The Bertz CT molecular complexity index is 708. The summed E-state index contributed by atoms with van der Waals surface area (Å²) in [5.41, 5.74) is 1.87. The van der Waals surface area contributed by atoms with Crippen LogP contribution in [0, 0.1) is 0 Å². The number of hydrogen-bond acceptors (Lipinski definition) is 4. The summed E-state index contributed by atoms with van der Waals surface area (Å²) in [5.74, 6) is -0.0975. The van der Waals surface area contributed by atoms with Crippen LogP contribution in [0.25, 0.3) is 11.3 Å². The largest absolute Gasteiger partial charge is 0.375 e. The van der Waals surface area contributed by atoms with Crippen molar-refractivity contribution < 1.29 is 9.53 Å². The highest BCUT2D eigenvalue weighted by Crippen LogP contribution is 2.25. The van der Waals surface area contributed by atoms with Gasteiger partial charge in [-0.2, -0.15) is 5.10 Å². The van der Waals surface area contributed by atoms with Crippen LogP contribution in [0.3, 0.4) is 0 Å². The maximum Gasteiger partial charge on any atom is 0.253 e. The van der Waals surface area contributed by atoms with Gasteiger partial charge in [0, 0.05) is 37.7 Å². The number of rotatable bonds is 3. The molecule has 3 heterocycles. The fraction of sp³-hybridized carbons (Fsp3) is 0.471. The second kappa shape index (κ2) is 6.12. The summed E-state index contributed by atoms with van der Waals surface area (Å²) in [7, 11) is 1.84. The molecular weight excluding hydrogens is 292 g/mol. The van der Waals surface area contributed by atoms with Crippen molar-refractivity contribution in [1.82, 2.24) is 20.1 Å². The Hall–Kier alpha value is -2.21. The Kier molecular flexibility index (Phi) is 4.17. The van der Waals surface area contributed by atoms with Crippen LogP contribution in [0.15, 0.2) is 30.7 Å². The first-order valence-corrected chi connectivity index (χ1v) is 7.83. The molecule has 0 bridgehead atoms. The zero-order chi connectivity index (χ0) is 16.4. The Balaban J connectivity index is 1.80. The molecule has 0 aliphatic carbocycles. The average Bonchev–Trinajstić information content (AvgIpc) is 2.92. The first-order valence-electron chi connectivity index (χ1n) is 7.83. The molecule has 0 radical (unpaired) electrons. The molecule has 2 aromatic rings. The van der Waals surface area contributed by atoms with Gasteiger partial charge < -0.3 is 10.1 Å². The van der Waals surface area contributed by atoms with E-state index in [1.807, 2.05) is 13.2 Å². The molecule has 1 N–H and O–H groups in total. The van der Waals surface area contributed by atoms with E-state index in [9.17, 15) is 4.79 Å². The van der Waals surface area contributed by atoms with E-state index in [-0.39, 0.29) is 17.6 Å². The van der Waals surface area contributed by atoms with Gasteiger partial charge in [0.25, 0.3) is 5.91 Å². The van der Waals surface area contributed by atoms with Crippen LogP contribution in [0.2, 0.25) is 0 Å². The minimum Gasteiger partial charge on any atom is -0.375 e. The molecule has 6 nitrogen and oxygen atoms in total. The first kappa shape index (κ1) is 15.7. The third-order valence-corrected chi connectivity index (χ3v) is 4.06. The van der Waals surface area contributed by atoms with Crippen molar-refractivity contribution in [3.63, 3.8) is 0 Å². The smallest absolute Gasteiger partial charge is 0.253 e. The summed E-state index contributed by atoms with van der Waals surface area (Å²) >= 11 is 0. The van der Waals surface area contributed by atoms with Gasteiger partial charge in [0.2, 0.25) is 0 Å². The number of nitrogens with zero attached hydrogens (tertiary/aromatic N) is 3. The molecule has 1 atom stereocenters. The molecule has 1 saturated heterocycles. The number of ether oxygens (including phenoxy) is 1. The summed E-state index contributed by atoms with van der Waals surface area (Å²) in [5, 5.41) is 7.28. The molecular formula is C17H22N4O2. The van der Waals surface area contributed by atoms with Gasteiger partial charge in [0.15, 0.2) is 0 Å². The summed E-state index contributed by atoms with van der Waals surface area (Å²) in [6.07, 6.45) is 6.91. The molecule has 6 heteroatoms. The van der Waals surface area contributed by atoms with Crippen LogP contribution in [-0.2, 0) is 11.8 Å². The number of hydrogen-bond donors (Lipinski definition) is 1. The molecule has 2 aromatic heterocycles. The van der Waals surface area contributed by atoms with Gasteiger partial charge in [-0.25, -0.2) is 0 Å². The average molecular weight is 314 g/mol. The van der Waals surface area contributed by atoms with Gasteiger partial charge in [0.05, 0.1) is 23.1 Å². The van der Waals surface area contributed by atoms with Gasteiger partial charge in [0.1, 0.15) is 0 Å². The third kappa shape index (κ3) is 3.59. The van der Waals surface area contributed by atoms with Crippen molar-refractivity contribution in [2.24, 2.45) is 7.05 Å². The van der Waals surface area contributed by atoms with Crippen LogP contribution in [-0.4, -0.2) is 38.9 Å². The Morgan fingerprint density at radius 1 is 1.48 bits per heavy atom. The molecule has 23 heavy (non-hydrogen) atoms. The predicted octanol–water partition coefficient (Wildman–Crippen LogP) is 2.17. The van der Waals surface area contributed by atoms with Crippen molar-refractivity contribution in [1.29, 1.82) is 0 Å². The second-order valence-electron chi connectivity index (χ2n) is 6.57. The van der Waals surface area contributed by atoms with Crippen molar-refractivity contribution in [2.45, 2.75) is 38.3 Å². The number of amides is 1. The van der Waals surface area contributed by atoms with E-state index in [0.29, 0.717) is 17.9 Å². The van der Waals surface area contributed by atoms with Gasteiger partial charge in [-0.15, -0.1) is 0 Å². The fourth-order valence-electron chi connectivity index (χ4n) is 2.98. The highest BCUT2D eigenvalue weighted by atomic mass is 16.5. The molecule has 1 aliphatic rings. The van der Waals surface area contributed by atoms with E-state index in [4.69, 9.17) is 4.74 Å². The van der Waals surface area contributed by atoms with Crippen LogP contribution < -0.4 is 5.32 Å². The molecule has 0 spiro atoms. The maximum atomic E-state index is 12.7. The lowest BCUT2D eigenvalue weighted by Gasteiger charge is -2.35. The number of aromatic nitrogens is 3. The zero-order valence-electron chi connectivity index (χ0n) is 13.7. The quantitative estimate of drug-likeness (QED) is 0.942. The lowest BCUT2D eigenvalue weighted by atomic mass is 9.93. The van der Waals surface area contributed by atoms with Crippen molar-refractivity contribution in [3.8, 4) is 11.3 Å². The first-order chi connectivity index (χ1) is 10.9. The van der Waals surface area contributed by atoms with E-state index < -0.39 is 0 Å². The van der Waals surface area contributed by atoms with Crippen molar-refractivity contribution >= 4 is 5.91 Å². The molecule has 1 amide bonds. The van der Waals surface area contributed by atoms with Crippen LogP contribution in [0.5, 0.6) is 0 Å². The second-order valence-corrected chi connectivity index (χ2v) is 6.57. The topological polar surface area (TPSA) is 69.0 Å². The van der Waals surface area contributed by atoms with Gasteiger partial charge >= 0.3 is 0 Å². The third-order valence-electron chi connectivity index (χ3n) is 4.06. The summed E-state index contributed by atoms with van der Waals surface area (Å²) in [6, 6.07) is 3.70. The van der Waals surface area contributed by atoms with Gasteiger partial charge in [-0.3, -0.25) is 14.5 Å². The Morgan fingerprint density at radius 2 is 2.30 bits per heavy atom. The molecule has 0 saturated carbocycles. The highest BCUT2D eigenvalue weighted by Gasteiger charge is 2.30. The van der Waals surface area contributed by atoms with Crippen molar-refractivity contribution in [2.75, 3.05) is 6.61 Å². The predicted molar refractivity (Wildman–Crippen MR) is 87.0 cm³/mol. The Morgan fingerprint density at radius 3 is 3.00 bits per heavy atom. The number of pyridine rings is 1. The lowest BCUT2D eigenvalue weighted by Crippen LogP contribution is -2.45. The summed E-state index contributed by atoms with van der Waals surface area (Å²) in [4.78, 5) is 17.1. The standard InChI is InChI=1S/C17H22N4O2/c1-17(2)9-13(6-8-23-17)20-16(22)14-5-4-7-18-15(14)12-10-19-21(3)11-12/h4-5,7,10-11,13H,6,8-9H2,1-3H3,(H,20,22). The van der Waals surface area contributed by atoms with Gasteiger partial charge in [-0.1, -0.05) is 0 Å². The molecule has 0 aromatic carbocycles. The molecule has 3 rings (SSSR count). The van der Waals surface area contributed by atoms with Gasteiger partial charge in [-0.05, 0) is 38.8 Å². The summed E-state index contributed by atoms with van der Waals surface area (Å²) < 4.78 is 7.41. The number of aryl methyl sites for hydroxylation is 1. The maximum absolute atomic E-state index is 12.7. The zero-order valence-corrected chi connectivity index (χ0v) is 13.7. The lowest BCUT2D eigenvalue weighted by molar-refractivity contribution is -0.0615. The number of nitrogens with one attached hydrogen (secondary N) is 1. The van der Waals surface area contributed by atoms with E-state index in [1.54, 1.807) is 29.2 Å². The molecule has 1 unspecified atom stereocenters. The van der Waals surface area contributed by atoms with Crippen LogP contribution in [0.4, 0.5) is 0 Å². The minimum absolute atomic E-state index is 0.0975. The van der Waals surface area contributed by atoms with E-state index in [0.717, 1.165) is 18.4 Å². The minimum atomic E-state index is -0.197. The van der Waals surface area contributed by atoms with Crippen molar-refractivity contribution in [3.05, 3.63) is 36.3 Å². The molecule has 1 fully saturated rings.